The van der Waals surface area contributed by atoms with Gasteiger partial charge in [-0.2, -0.15) is 0 Å². The lowest BCUT2D eigenvalue weighted by molar-refractivity contribution is -0.0350. The molecule has 16 N–H and O–H groups in total. The monoisotopic (exact) mass is 928 g/mol. The van der Waals surface area contributed by atoms with Crippen LogP contribution in [-0.4, -0.2) is 106 Å². The quantitative estimate of drug-likeness (QED) is 0.0745. The number of hydrogen-bond donors (Lipinski definition) is 16. The van der Waals surface area contributed by atoms with Crippen LogP contribution >= 0.6 is 0 Å². The van der Waals surface area contributed by atoms with Gasteiger partial charge in [0.2, 0.25) is 0 Å². The molecule has 6 aromatic carbocycles. The third-order valence-corrected chi connectivity index (χ3v) is 11.4. The summed E-state index contributed by atoms with van der Waals surface area (Å²) in [6, 6.07) is 9.04. The standard InChI is InChI=1S/C45H36O22/c1-13-31-20(48)12-21(49)33(42(31)65-40(14-2-22(50)35(58)23(51)3-14)39(13)66-44(62)16-6-26(54)37(60)27(55)7-16)34-32-19(47)10-18(46)11-30(32)64-41(15-4-24(52)36(59)25(53)5-15)43(34)67-45(63)17-8-28(56)38(61)29(57)9-17/h2-13,34,39-41,43,46-61H,1H3/t13-,34+,39+,40+,41+,43+/m0/s1. The maximum absolute atomic E-state index is 14.1. The van der Waals surface area contributed by atoms with E-state index in [9.17, 15) is 91.3 Å². The lowest BCUT2D eigenvalue weighted by Crippen LogP contribution is -2.41. The molecule has 2 heterocycles. The Kier molecular flexibility index (Phi) is 10.6. The van der Waals surface area contributed by atoms with Crippen molar-refractivity contribution in [3.63, 3.8) is 0 Å². The van der Waals surface area contributed by atoms with E-state index in [0.29, 0.717) is 12.1 Å². The first-order valence-corrected chi connectivity index (χ1v) is 19.5. The van der Waals surface area contributed by atoms with Crippen molar-refractivity contribution in [2.24, 2.45) is 0 Å². The van der Waals surface area contributed by atoms with Crippen molar-refractivity contribution < 1.29 is 110 Å². The Morgan fingerprint density at radius 1 is 0.418 bits per heavy atom. The van der Waals surface area contributed by atoms with Crippen LogP contribution in [0.2, 0.25) is 0 Å². The second-order valence-corrected chi connectivity index (χ2v) is 15.6. The van der Waals surface area contributed by atoms with Gasteiger partial charge in [0, 0.05) is 51.9 Å². The predicted octanol–water partition coefficient (Wildman–Crippen LogP) is 4.93. The molecule has 0 aromatic heterocycles. The SMILES string of the molecule is C[C@H]1c2c(O)cc(O)c([C@H]3c4c(O)cc(O)cc4O[C@H](c4cc(O)c(O)c(O)c4)[C@@H]3OC(=O)c3cc(O)c(O)c(O)c3)c2O[C@H](c2cc(O)c(O)c(O)c2)[C@@H]1OC(=O)c1cc(O)c(O)c(O)c1. The number of benzene rings is 6. The second kappa shape index (κ2) is 16.0. The van der Waals surface area contributed by atoms with Gasteiger partial charge in [0.15, 0.2) is 87.3 Å². The fraction of sp³-hybridized carbons (Fsp3) is 0.156. The Morgan fingerprint density at radius 3 is 1.24 bits per heavy atom. The van der Waals surface area contributed by atoms with Gasteiger partial charge in [-0.3, -0.25) is 0 Å². The molecule has 6 aromatic rings. The molecule has 0 radical (unpaired) electrons. The summed E-state index contributed by atoms with van der Waals surface area (Å²) >= 11 is 0. The first kappa shape index (κ1) is 44.3. The van der Waals surface area contributed by atoms with Crippen molar-refractivity contribution in [3.05, 3.63) is 106 Å². The number of hydrogen-bond acceptors (Lipinski definition) is 22. The third-order valence-electron chi connectivity index (χ3n) is 11.4. The van der Waals surface area contributed by atoms with Crippen LogP contribution in [-0.2, 0) is 9.47 Å². The highest BCUT2D eigenvalue weighted by molar-refractivity contribution is 5.92. The van der Waals surface area contributed by atoms with E-state index in [1.54, 1.807) is 0 Å². The summed E-state index contributed by atoms with van der Waals surface area (Å²) in [5.74, 6) is -21.3. The summed E-state index contributed by atoms with van der Waals surface area (Å²) in [5, 5.41) is 170. The van der Waals surface area contributed by atoms with Crippen LogP contribution in [0.15, 0.2) is 66.7 Å². The number of rotatable bonds is 7. The van der Waals surface area contributed by atoms with E-state index in [4.69, 9.17) is 18.9 Å². The van der Waals surface area contributed by atoms with Crippen molar-refractivity contribution in [2.75, 3.05) is 0 Å². The smallest absolute Gasteiger partial charge is 0.338 e. The molecule has 2 aliphatic heterocycles. The second-order valence-electron chi connectivity index (χ2n) is 15.6. The molecule has 348 valence electrons. The highest BCUT2D eigenvalue weighted by Crippen LogP contribution is 2.60. The number of phenolic OH excluding ortho intramolecular Hbond substituents is 16. The Labute approximate surface area is 373 Å². The maximum atomic E-state index is 14.1. The molecular formula is C45H36O22. The number of esters is 2. The van der Waals surface area contributed by atoms with Gasteiger partial charge in [-0.25, -0.2) is 9.59 Å². The minimum atomic E-state index is -2.01. The Hall–Kier alpha value is -9.34. The van der Waals surface area contributed by atoms with Crippen LogP contribution in [0.3, 0.4) is 0 Å². The molecule has 67 heavy (non-hydrogen) atoms. The number of carbonyl (C=O) groups is 2. The van der Waals surface area contributed by atoms with Gasteiger partial charge < -0.3 is 101 Å². The molecule has 22 nitrogen and oxygen atoms in total. The van der Waals surface area contributed by atoms with Crippen LogP contribution in [0.25, 0.3) is 0 Å². The topological polar surface area (TPSA) is 395 Å². The molecule has 0 aliphatic carbocycles. The molecule has 0 spiro atoms. The van der Waals surface area contributed by atoms with Crippen molar-refractivity contribution >= 4 is 11.9 Å². The van der Waals surface area contributed by atoms with E-state index >= 15 is 0 Å². The zero-order chi connectivity index (χ0) is 48.7. The zero-order valence-electron chi connectivity index (χ0n) is 33.9. The summed E-state index contributed by atoms with van der Waals surface area (Å²) in [7, 11) is 0. The molecular weight excluding hydrogens is 892 g/mol. The lowest BCUT2D eigenvalue weighted by atomic mass is 9.75. The Balaban J connectivity index is 1.38. The summed E-state index contributed by atoms with van der Waals surface area (Å²) in [6.45, 7) is 1.37. The normalized spacial score (nSPS) is 19.5. The predicted molar refractivity (Wildman–Crippen MR) is 221 cm³/mol. The van der Waals surface area contributed by atoms with E-state index in [-0.39, 0.29) is 22.3 Å². The van der Waals surface area contributed by atoms with Crippen LogP contribution in [0, 0.1) is 0 Å². The lowest BCUT2D eigenvalue weighted by Gasteiger charge is -2.43. The van der Waals surface area contributed by atoms with E-state index < -0.39 is 168 Å². The van der Waals surface area contributed by atoms with Crippen LogP contribution in [0.1, 0.15) is 79.5 Å². The third kappa shape index (κ3) is 7.46. The number of ether oxygens (including phenoxy) is 4. The molecule has 0 saturated carbocycles. The number of aromatic hydroxyl groups is 16. The number of phenols is 16. The molecule has 0 fully saturated rings. The highest BCUT2D eigenvalue weighted by Gasteiger charge is 2.51. The Morgan fingerprint density at radius 2 is 0.791 bits per heavy atom. The largest absolute Gasteiger partial charge is 0.508 e. The first-order valence-electron chi connectivity index (χ1n) is 19.5. The number of carbonyl (C=O) groups excluding carboxylic acids is 2. The van der Waals surface area contributed by atoms with Crippen LogP contribution < -0.4 is 9.47 Å². The molecule has 0 unspecified atom stereocenters. The van der Waals surface area contributed by atoms with Crippen molar-refractivity contribution in [3.8, 4) is 103 Å². The van der Waals surface area contributed by atoms with E-state index in [2.05, 4.69) is 0 Å². The molecule has 2 aliphatic rings. The van der Waals surface area contributed by atoms with Gasteiger partial charge in [-0.15, -0.1) is 0 Å². The van der Waals surface area contributed by atoms with Crippen LogP contribution in [0.5, 0.6) is 103 Å². The fourth-order valence-corrected chi connectivity index (χ4v) is 8.23. The molecule has 0 saturated heterocycles. The summed E-state index contributed by atoms with van der Waals surface area (Å²) in [5.41, 5.74) is -2.84. The average molecular weight is 929 g/mol. The molecule has 6 atom stereocenters. The zero-order valence-corrected chi connectivity index (χ0v) is 33.9. The minimum Gasteiger partial charge on any atom is -0.508 e. The average Bonchev–Trinajstić information content (AvgIpc) is 3.25. The molecule has 22 heteroatoms. The van der Waals surface area contributed by atoms with Gasteiger partial charge >= 0.3 is 11.9 Å². The summed E-state index contributed by atoms with van der Waals surface area (Å²) < 4.78 is 24.5. The fourth-order valence-electron chi connectivity index (χ4n) is 8.23. The van der Waals surface area contributed by atoms with Gasteiger partial charge in [0.25, 0.3) is 0 Å². The van der Waals surface area contributed by atoms with Crippen molar-refractivity contribution in [2.45, 2.75) is 43.2 Å². The van der Waals surface area contributed by atoms with Gasteiger partial charge in [0.1, 0.15) is 40.6 Å². The van der Waals surface area contributed by atoms with Gasteiger partial charge in [-0.05, 0) is 48.5 Å². The van der Waals surface area contributed by atoms with Gasteiger partial charge in [0.05, 0.1) is 17.0 Å². The van der Waals surface area contributed by atoms with Crippen molar-refractivity contribution in [1.29, 1.82) is 0 Å². The minimum absolute atomic E-state index is 0.253. The van der Waals surface area contributed by atoms with E-state index in [1.165, 1.54) is 6.92 Å². The molecule has 0 bridgehead atoms. The maximum Gasteiger partial charge on any atom is 0.338 e. The van der Waals surface area contributed by atoms with E-state index in [0.717, 1.165) is 54.6 Å². The molecule has 8 rings (SSSR count). The van der Waals surface area contributed by atoms with E-state index in [1.807, 2.05) is 0 Å². The van der Waals surface area contributed by atoms with Crippen molar-refractivity contribution in [1.82, 2.24) is 0 Å². The summed E-state index contributed by atoms with van der Waals surface area (Å²) in [4.78, 5) is 27.9. The highest BCUT2D eigenvalue weighted by atomic mass is 16.6. The number of fused-ring (bicyclic) bond motifs is 2. The molecule has 0 amide bonds. The van der Waals surface area contributed by atoms with Gasteiger partial charge in [-0.1, -0.05) is 6.92 Å². The van der Waals surface area contributed by atoms with Crippen LogP contribution in [0.4, 0.5) is 0 Å². The first-order chi connectivity index (χ1) is 31.6. The Bertz CT molecular complexity index is 2960. The summed E-state index contributed by atoms with van der Waals surface area (Å²) in [6.07, 6.45) is -7.27.